The molecule has 21 heavy (non-hydrogen) atoms. The molecule has 0 radical (unpaired) electrons. The average Bonchev–Trinajstić information content (AvgIpc) is 2.47. The number of non-ortho nitro benzene ring substituents is 1. The summed E-state index contributed by atoms with van der Waals surface area (Å²) < 4.78 is 26.4. The number of ketones is 1. The van der Waals surface area contributed by atoms with E-state index in [0.717, 1.165) is 30.0 Å². The highest BCUT2D eigenvalue weighted by Crippen LogP contribution is 2.23. The normalized spacial score (nSPS) is 10.4. The van der Waals surface area contributed by atoms with E-state index in [-0.39, 0.29) is 17.0 Å². The third-order valence-corrected chi connectivity index (χ3v) is 3.66. The van der Waals surface area contributed by atoms with Gasteiger partial charge >= 0.3 is 0 Å². The van der Waals surface area contributed by atoms with Gasteiger partial charge in [0.05, 0.1) is 16.2 Å². The van der Waals surface area contributed by atoms with Crippen LogP contribution in [0.25, 0.3) is 0 Å². The molecule has 0 fully saturated rings. The molecule has 0 N–H and O–H groups in total. The molecule has 0 aromatic heterocycles. The maximum atomic E-state index is 13.4. The van der Waals surface area contributed by atoms with Crippen molar-refractivity contribution in [2.24, 2.45) is 0 Å². The third-order valence-electron chi connectivity index (χ3n) is 2.65. The van der Waals surface area contributed by atoms with Gasteiger partial charge in [0.2, 0.25) is 0 Å². The van der Waals surface area contributed by atoms with Crippen LogP contribution in [-0.4, -0.2) is 16.5 Å². The first-order valence-corrected chi connectivity index (χ1v) is 6.81. The van der Waals surface area contributed by atoms with E-state index in [1.807, 2.05) is 0 Å². The Labute approximate surface area is 122 Å². The van der Waals surface area contributed by atoms with Crippen molar-refractivity contribution in [1.29, 1.82) is 0 Å². The van der Waals surface area contributed by atoms with Crippen molar-refractivity contribution in [1.82, 2.24) is 0 Å². The highest BCUT2D eigenvalue weighted by molar-refractivity contribution is 8.00. The molecule has 0 aliphatic heterocycles. The Morgan fingerprint density at radius 1 is 1.14 bits per heavy atom. The Morgan fingerprint density at radius 3 is 2.43 bits per heavy atom. The SMILES string of the molecule is O=C(CSc1ccc([N+](=O)[O-])cc1)c1cc(F)ccc1F. The fourth-order valence-corrected chi connectivity index (χ4v) is 2.38. The number of carbonyl (C=O) groups is 1. The summed E-state index contributed by atoms with van der Waals surface area (Å²) in [6, 6.07) is 8.32. The molecule has 0 saturated carbocycles. The summed E-state index contributed by atoms with van der Waals surface area (Å²) in [5.41, 5.74) is -0.355. The summed E-state index contributed by atoms with van der Waals surface area (Å²) in [5, 5.41) is 10.5. The van der Waals surface area contributed by atoms with Gasteiger partial charge in [-0.3, -0.25) is 14.9 Å². The monoisotopic (exact) mass is 309 g/mol. The molecular weight excluding hydrogens is 300 g/mol. The van der Waals surface area contributed by atoms with Gasteiger partial charge in [0.25, 0.3) is 5.69 Å². The topological polar surface area (TPSA) is 60.2 Å². The van der Waals surface area contributed by atoms with Crippen LogP contribution in [0.4, 0.5) is 14.5 Å². The first kappa shape index (κ1) is 15.1. The van der Waals surface area contributed by atoms with Crippen molar-refractivity contribution in [3.63, 3.8) is 0 Å². The zero-order valence-corrected chi connectivity index (χ0v) is 11.4. The molecule has 0 atom stereocenters. The third kappa shape index (κ3) is 3.85. The first-order chi connectivity index (χ1) is 9.97. The van der Waals surface area contributed by atoms with Gasteiger partial charge in [-0.15, -0.1) is 11.8 Å². The number of thioether (sulfide) groups is 1. The number of halogens is 2. The minimum Gasteiger partial charge on any atom is -0.293 e. The van der Waals surface area contributed by atoms with Gasteiger partial charge in [-0.1, -0.05) is 0 Å². The lowest BCUT2D eigenvalue weighted by molar-refractivity contribution is -0.384. The molecule has 4 nitrogen and oxygen atoms in total. The minimum atomic E-state index is -0.773. The van der Waals surface area contributed by atoms with Crippen LogP contribution in [0.3, 0.4) is 0 Å². The van der Waals surface area contributed by atoms with Gasteiger partial charge in [-0.25, -0.2) is 8.78 Å². The molecule has 0 aliphatic rings. The quantitative estimate of drug-likeness (QED) is 0.364. The van der Waals surface area contributed by atoms with E-state index in [0.29, 0.717) is 4.90 Å². The van der Waals surface area contributed by atoms with Crippen molar-refractivity contribution in [3.05, 3.63) is 69.8 Å². The lowest BCUT2D eigenvalue weighted by atomic mass is 10.1. The number of nitro groups is 1. The molecule has 0 heterocycles. The zero-order valence-electron chi connectivity index (χ0n) is 10.6. The number of nitro benzene ring substituents is 1. The summed E-state index contributed by atoms with van der Waals surface area (Å²) in [6.07, 6.45) is 0. The number of nitrogens with zero attached hydrogens (tertiary/aromatic N) is 1. The van der Waals surface area contributed by atoms with E-state index in [1.54, 1.807) is 0 Å². The standard InChI is InChI=1S/C14H9F2NO3S/c15-9-1-6-13(16)12(7-9)14(18)8-21-11-4-2-10(3-5-11)17(19)20/h1-7H,8H2. The molecular formula is C14H9F2NO3S. The Hall–Kier alpha value is -2.28. The van der Waals surface area contributed by atoms with E-state index >= 15 is 0 Å². The summed E-state index contributed by atoms with van der Waals surface area (Å²) in [5.74, 6) is -2.08. The predicted molar refractivity (Wildman–Crippen MR) is 74.5 cm³/mol. The highest BCUT2D eigenvalue weighted by Gasteiger charge is 2.13. The Morgan fingerprint density at radius 2 is 1.81 bits per heavy atom. The molecule has 0 saturated heterocycles. The van der Waals surface area contributed by atoms with Gasteiger partial charge in [0, 0.05) is 17.0 Å². The zero-order chi connectivity index (χ0) is 15.4. The molecule has 0 spiro atoms. The molecule has 0 amide bonds. The van der Waals surface area contributed by atoms with E-state index in [9.17, 15) is 23.7 Å². The van der Waals surface area contributed by atoms with Gasteiger partial charge in [0.1, 0.15) is 11.6 Å². The Kier molecular flexibility index (Phi) is 4.64. The van der Waals surface area contributed by atoms with E-state index in [2.05, 4.69) is 0 Å². The van der Waals surface area contributed by atoms with Gasteiger partial charge in [0.15, 0.2) is 5.78 Å². The van der Waals surface area contributed by atoms with Crippen molar-refractivity contribution in [3.8, 4) is 0 Å². The van der Waals surface area contributed by atoms with Crippen molar-refractivity contribution < 1.29 is 18.5 Å². The van der Waals surface area contributed by atoms with Crippen LogP contribution in [0.2, 0.25) is 0 Å². The fourth-order valence-electron chi connectivity index (χ4n) is 1.60. The lowest BCUT2D eigenvalue weighted by Gasteiger charge is -2.03. The molecule has 108 valence electrons. The van der Waals surface area contributed by atoms with Crippen LogP contribution in [-0.2, 0) is 0 Å². The molecule has 0 aliphatic carbocycles. The van der Waals surface area contributed by atoms with Crippen LogP contribution < -0.4 is 0 Å². The first-order valence-electron chi connectivity index (χ1n) is 5.83. The predicted octanol–water partition coefficient (Wildman–Crippen LogP) is 3.85. The Bertz CT molecular complexity index is 689. The summed E-state index contributed by atoms with van der Waals surface area (Å²) in [6.45, 7) is 0. The summed E-state index contributed by atoms with van der Waals surface area (Å²) in [4.78, 5) is 22.4. The summed E-state index contributed by atoms with van der Waals surface area (Å²) >= 11 is 1.10. The number of Topliss-reactive ketones (excluding diaryl/α,β-unsaturated/α-hetero) is 1. The van der Waals surface area contributed by atoms with Crippen LogP contribution in [0.15, 0.2) is 47.4 Å². The second-order valence-electron chi connectivity index (χ2n) is 4.09. The number of hydrogen-bond donors (Lipinski definition) is 0. The number of benzene rings is 2. The van der Waals surface area contributed by atoms with Crippen LogP contribution in [0.5, 0.6) is 0 Å². The molecule has 7 heteroatoms. The largest absolute Gasteiger partial charge is 0.293 e. The summed E-state index contributed by atoms with van der Waals surface area (Å²) in [7, 11) is 0. The Balaban J connectivity index is 2.04. The molecule has 0 bridgehead atoms. The second-order valence-corrected chi connectivity index (χ2v) is 5.14. The van der Waals surface area contributed by atoms with Crippen LogP contribution >= 0.6 is 11.8 Å². The maximum Gasteiger partial charge on any atom is 0.269 e. The molecule has 0 unspecified atom stereocenters. The van der Waals surface area contributed by atoms with Gasteiger partial charge < -0.3 is 0 Å². The van der Waals surface area contributed by atoms with Gasteiger partial charge in [-0.05, 0) is 30.3 Å². The van der Waals surface area contributed by atoms with Crippen molar-refractivity contribution in [2.75, 3.05) is 5.75 Å². The van der Waals surface area contributed by atoms with Crippen LogP contribution in [0.1, 0.15) is 10.4 Å². The lowest BCUT2D eigenvalue weighted by Crippen LogP contribution is -2.05. The number of rotatable bonds is 5. The highest BCUT2D eigenvalue weighted by atomic mass is 32.2. The van der Waals surface area contributed by atoms with E-state index in [1.165, 1.54) is 24.3 Å². The molecule has 2 rings (SSSR count). The smallest absolute Gasteiger partial charge is 0.269 e. The van der Waals surface area contributed by atoms with E-state index in [4.69, 9.17) is 0 Å². The van der Waals surface area contributed by atoms with Gasteiger partial charge in [-0.2, -0.15) is 0 Å². The number of carbonyl (C=O) groups excluding carboxylic acids is 1. The second kappa shape index (κ2) is 6.45. The molecule has 2 aromatic rings. The number of hydrogen-bond acceptors (Lipinski definition) is 4. The van der Waals surface area contributed by atoms with Crippen molar-refractivity contribution >= 4 is 23.2 Å². The minimum absolute atomic E-state index is 0.0538. The average molecular weight is 309 g/mol. The van der Waals surface area contributed by atoms with E-state index < -0.39 is 22.3 Å². The molecule has 2 aromatic carbocycles. The maximum absolute atomic E-state index is 13.4. The fraction of sp³-hybridized carbons (Fsp3) is 0.0714. The van der Waals surface area contributed by atoms with Crippen LogP contribution in [0, 0.1) is 21.7 Å². The van der Waals surface area contributed by atoms with Crippen molar-refractivity contribution in [2.45, 2.75) is 4.90 Å².